The Labute approximate surface area is 190 Å². The molecule has 1 saturated carbocycles. The van der Waals surface area contributed by atoms with Crippen molar-refractivity contribution in [1.82, 2.24) is 5.32 Å². The maximum absolute atomic E-state index is 12.9. The summed E-state index contributed by atoms with van der Waals surface area (Å²) in [6, 6.07) is 9.44. The van der Waals surface area contributed by atoms with Crippen molar-refractivity contribution in [3.63, 3.8) is 0 Å². The largest absolute Gasteiger partial charge is 0.456 e. The van der Waals surface area contributed by atoms with E-state index >= 15 is 0 Å². The van der Waals surface area contributed by atoms with Gasteiger partial charge in [0.2, 0.25) is 5.91 Å². The molecule has 2 aliphatic heterocycles. The number of nitrogens with one attached hydrogen (secondary N) is 1. The average Bonchev–Trinajstić information content (AvgIpc) is 3.28. The molecule has 1 aromatic carbocycles. The van der Waals surface area contributed by atoms with Gasteiger partial charge < -0.3 is 19.9 Å². The summed E-state index contributed by atoms with van der Waals surface area (Å²) in [5.74, 6) is 0.0556. The fourth-order valence-corrected chi connectivity index (χ4v) is 6.47. The van der Waals surface area contributed by atoms with Crippen LogP contribution in [-0.2, 0) is 19.1 Å². The third-order valence-electron chi connectivity index (χ3n) is 8.16. The van der Waals surface area contributed by atoms with Crippen LogP contribution in [0, 0.1) is 23.7 Å². The molecule has 4 rings (SSSR count). The molecule has 2 bridgehead atoms. The van der Waals surface area contributed by atoms with Gasteiger partial charge in [-0.3, -0.25) is 4.79 Å². The molecule has 1 aliphatic carbocycles. The highest BCUT2D eigenvalue weighted by atomic mass is 16.6. The molecule has 3 fully saturated rings. The van der Waals surface area contributed by atoms with Crippen LogP contribution in [0.25, 0.3) is 6.08 Å². The Morgan fingerprint density at radius 1 is 1.28 bits per heavy atom. The highest BCUT2D eigenvalue weighted by Gasteiger charge is 2.71. The van der Waals surface area contributed by atoms with E-state index in [2.05, 4.69) is 33.0 Å². The summed E-state index contributed by atoms with van der Waals surface area (Å²) in [4.78, 5) is 25.0. The standard InChI is InChI=1S/C26H35NO5/c1-16(2)26-14-20(27-21(29)15-28)25(4,32-26)19-12-10-17(3)23(19)24(26)31-22(30)13-11-18-8-6-5-7-9-18/h5-9,11,13,16-17,19-20,23-24,28H,10,12,14-15H2,1-4H3,(H,27,29)/b13-11+/t17-,19?,20-,23-,24+,25?,26?/m1/s1. The lowest BCUT2D eigenvalue weighted by atomic mass is 9.69. The zero-order chi connectivity index (χ0) is 23.1. The predicted octanol–water partition coefficient (Wildman–Crippen LogP) is 3.34. The fraction of sp³-hybridized carbons (Fsp3) is 0.615. The van der Waals surface area contributed by atoms with Crippen molar-refractivity contribution in [3.05, 3.63) is 42.0 Å². The van der Waals surface area contributed by atoms with E-state index in [9.17, 15) is 14.7 Å². The first-order chi connectivity index (χ1) is 15.2. The summed E-state index contributed by atoms with van der Waals surface area (Å²) in [6.07, 6.45) is 5.44. The summed E-state index contributed by atoms with van der Waals surface area (Å²) in [5, 5.41) is 12.3. The number of rotatable bonds is 6. The Morgan fingerprint density at radius 3 is 2.66 bits per heavy atom. The lowest BCUT2D eigenvalue weighted by Crippen LogP contribution is -2.63. The smallest absolute Gasteiger partial charge is 0.331 e. The topological polar surface area (TPSA) is 84.9 Å². The van der Waals surface area contributed by atoms with E-state index in [-0.39, 0.29) is 35.9 Å². The van der Waals surface area contributed by atoms with E-state index in [1.165, 1.54) is 6.08 Å². The maximum atomic E-state index is 12.9. The molecule has 3 unspecified atom stereocenters. The molecule has 6 heteroatoms. The van der Waals surface area contributed by atoms with Crippen LogP contribution >= 0.6 is 0 Å². The molecule has 32 heavy (non-hydrogen) atoms. The number of carbonyl (C=O) groups excluding carboxylic acids is 2. The molecular weight excluding hydrogens is 406 g/mol. The quantitative estimate of drug-likeness (QED) is 0.523. The van der Waals surface area contributed by atoms with Gasteiger partial charge in [0.05, 0.1) is 11.6 Å². The Bertz CT molecular complexity index is 883. The van der Waals surface area contributed by atoms with E-state index in [1.54, 1.807) is 6.08 Å². The summed E-state index contributed by atoms with van der Waals surface area (Å²) in [7, 11) is 0. The molecule has 174 valence electrons. The number of amides is 1. The fourth-order valence-electron chi connectivity index (χ4n) is 6.47. The molecule has 2 N–H and O–H groups in total. The first-order valence-electron chi connectivity index (χ1n) is 11.8. The predicted molar refractivity (Wildman–Crippen MR) is 121 cm³/mol. The van der Waals surface area contributed by atoms with Gasteiger partial charge in [0.15, 0.2) is 0 Å². The van der Waals surface area contributed by atoms with Gasteiger partial charge in [0.1, 0.15) is 18.3 Å². The molecule has 3 aliphatic rings. The molecule has 1 amide bonds. The van der Waals surface area contributed by atoms with Crippen LogP contribution < -0.4 is 5.32 Å². The van der Waals surface area contributed by atoms with E-state index in [1.807, 2.05) is 30.3 Å². The molecule has 1 aromatic rings. The zero-order valence-electron chi connectivity index (χ0n) is 19.4. The number of ether oxygens (including phenoxy) is 2. The Morgan fingerprint density at radius 2 is 2.00 bits per heavy atom. The van der Waals surface area contributed by atoms with Crippen molar-refractivity contribution in [2.45, 2.75) is 70.3 Å². The first-order valence-corrected chi connectivity index (χ1v) is 11.8. The van der Waals surface area contributed by atoms with Crippen molar-refractivity contribution < 1.29 is 24.2 Å². The third kappa shape index (κ3) is 3.77. The number of benzene rings is 1. The second-order valence-electron chi connectivity index (χ2n) is 10.2. The van der Waals surface area contributed by atoms with E-state index in [4.69, 9.17) is 9.47 Å². The molecule has 0 radical (unpaired) electrons. The molecular formula is C26H35NO5. The van der Waals surface area contributed by atoms with Gasteiger partial charge in [0, 0.05) is 18.4 Å². The van der Waals surface area contributed by atoms with Gasteiger partial charge in [0.25, 0.3) is 0 Å². The zero-order valence-corrected chi connectivity index (χ0v) is 19.4. The summed E-state index contributed by atoms with van der Waals surface area (Å²) in [6.45, 7) is 7.96. The molecule has 6 nitrogen and oxygen atoms in total. The molecule has 2 heterocycles. The van der Waals surface area contributed by atoms with Gasteiger partial charge in [-0.2, -0.15) is 0 Å². The average molecular weight is 442 g/mol. The van der Waals surface area contributed by atoms with Crippen LogP contribution in [0.3, 0.4) is 0 Å². The summed E-state index contributed by atoms with van der Waals surface area (Å²) >= 11 is 0. The monoisotopic (exact) mass is 441 g/mol. The number of hydrogen-bond acceptors (Lipinski definition) is 5. The SMILES string of the molecule is CC(C)C12C[C@@H](NC(=O)CO)C(C)(O1)C1CC[C@@H](C)[C@H]1[C@@H]2OC(=O)/C=C/c1ccccc1. The van der Waals surface area contributed by atoms with Gasteiger partial charge >= 0.3 is 5.97 Å². The van der Waals surface area contributed by atoms with Crippen LogP contribution in [0.5, 0.6) is 0 Å². The van der Waals surface area contributed by atoms with E-state index < -0.39 is 23.7 Å². The van der Waals surface area contributed by atoms with Gasteiger partial charge in [-0.1, -0.05) is 51.1 Å². The van der Waals surface area contributed by atoms with Gasteiger partial charge in [-0.15, -0.1) is 0 Å². The van der Waals surface area contributed by atoms with Crippen molar-refractivity contribution in [3.8, 4) is 0 Å². The minimum Gasteiger partial charge on any atom is -0.456 e. The highest BCUT2D eigenvalue weighted by molar-refractivity contribution is 5.87. The third-order valence-corrected chi connectivity index (χ3v) is 8.16. The van der Waals surface area contributed by atoms with Crippen molar-refractivity contribution >= 4 is 18.0 Å². The summed E-state index contributed by atoms with van der Waals surface area (Å²) in [5.41, 5.74) is -0.291. The summed E-state index contributed by atoms with van der Waals surface area (Å²) < 4.78 is 13.0. The number of fused-ring (bicyclic) bond motifs is 4. The van der Waals surface area contributed by atoms with Crippen LogP contribution in [0.1, 0.15) is 52.5 Å². The number of hydrogen-bond donors (Lipinski definition) is 2. The number of aliphatic hydroxyl groups excluding tert-OH is 1. The van der Waals surface area contributed by atoms with E-state index in [0.29, 0.717) is 12.3 Å². The highest BCUT2D eigenvalue weighted by Crippen LogP contribution is 2.62. The second-order valence-corrected chi connectivity index (χ2v) is 10.2. The normalized spacial score (nSPS) is 38.1. The minimum absolute atomic E-state index is 0.0857. The van der Waals surface area contributed by atoms with Crippen LogP contribution in [0.4, 0.5) is 0 Å². The van der Waals surface area contributed by atoms with E-state index in [0.717, 1.165) is 18.4 Å². The lowest BCUT2D eigenvalue weighted by Gasteiger charge is -2.53. The molecule has 7 atom stereocenters. The van der Waals surface area contributed by atoms with Crippen LogP contribution in [0.15, 0.2) is 36.4 Å². The van der Waals surface area contributed by atoms with Crippen molar-refractivity contribution in [2.24, 2.45) is 23.7 Å². The van der Waals surface area contributed by atoms with Gasteiger partial charge in [-0.25, -0.2) is 4.79 Å². The number of esters is 1. The molecule has 0 spiro atoms. The Balaban J connectivity index is 1.65. The van der Waals surface area contributed by atoms with Gasteiger partial charge in [-0.05, 0) is 49.2 Å². The van der Waals surface area contributed by atoms with Crippen LogP contribution in [-0.4, -0.2) is 46.9 Å². The molecule has 2 saturated heterocycles. The minimum atomic E-state index is -0.682. The van der Waals surface area contributed by atoms with Crippen molar-refractivity contribution in [2.75, 3.05) is 6.61 Å². The Hall–Kier alpha value is -2.18. The van der Waals surface area contributed by atoms with Crippen LogP contribution in [0.2, 0.25) is 0 Å². The number of carbonyl (C=O) groups is 2. The number of aliphatic hydroxyl groups is 1. The maximum Gasteiger partial charge on any atom is 0.331 e. The first kappa shape index (κ1) is 23.0. The second kappa shape index (κ2) is 8.64. The lowest BCUT2D eigenvalue weighted by molar-refractivity contribution is -0.259. The molecule has 0 aromatic heterocycles. The van der Waals surface area contributed by atoms with Crippen molar-refractivity contribution in [1.29, 1.82) is 0 Å². The Kier molecular flexibility index (Phi) is 6.21.